The van der Waals surface area contributed by atoms with Gasteiger partial charge < -0.3 is 10.2 Å². The van der Waals surface area contributed by atoms with Crippen LogP contribution in [-0.4, -0.2) is 52.8 Å². The number of hydrogen-bond acceptors (Lipinski definition) is 4. The topological polar surface area (TPSA) is 65.5 Å². The average Bonchev–Trinajstić information content (AvgIpc) is 3.27. The van der Waals surface area contributed by atoms with Crippen LogP contribution in [0.15, 0.2) is 48.7 Å². The summed E-state index contributed by atoms with van der Waals surface area (Å²) in [6.45, 7) is 4.43. The van der Waals surface area contributed by atoms with Crippen LogP contribution in [0.2, 0.25) is 0 Å². The van der Waals surface area contributed by atoms with Gasteiger partial charge in [0.05, 0.1) is 0 Å². The van der Waals surface area contributed by atoms with Crippen molar-refractivity contribution < 1.29 is 9.59 Å². The molecule has 6 nitrogen and oxygen atoms in total. The van der Waals surface area contributed by atoms with Crippen LogP contribution in [0.3, 0.4) is 0 Å². The molecule has 6 heteroatoms. The van der Waals surface area contributed by atoms with Crippen LogP contribution in [-0.2, 0) is 11.3 Å². The van der Waals surface area contributed by atoms with Gasteiger partial charge in [-0.05, 0) is 68.6 Å². The summed E-state index contributed by atoms with van der Waals surface area (Å²) >= 11 is 0. The van der Waals surface area contributed by atoms with E-state index in [1.165, 1.54) is 18.4 Å². The van der Waals surface area contributed by atoms with Crippen LogP contribution in [0.25, 0.3) is 0 Å². The van der Waals surface area contributed by atoms with E-state index in [-0.39, 0.29) is 17.7 Å². The molecule has 4 rings (SSSR count). The Balaban J connectivity index is 1.29. The number of nitrogens with one attached hydrogen (secondary N) is 1. The van der Waals surface area contributed by atoms with Crippen LogP contribution in [0.4, 0.5) is 5.69 Å². The quantitative estimate of drug-likeness (QED) is 0.849. The maximum Gasteiger partial charge on any atom is 0.272 e. The fourth-order valence-electron chi connectivity index (χ4n) is 4.19. The molecule has 152 valence electrons. The Hall–Kier alpha value is -2.73. The first kappa shape index (κ1) is 19.6. The van der Waals surface area contributed by atoms with E-state index in [1.807, 2.05) is 18.2 Å². The molecule has 0 radical (unpaired) electrons. The van der Waals surface area contributed by atoms with Gasteiger partial charge in [0.25, 0.3) is 5.91 Å². The summed E-state index contributed by atoms with van der Waals surface area (Å²) in [7, 11) is 0. The first-order valence-electron chi connectivity index (χ1n) is 10.5. The molecular formula is C23H28N4O2. The molecule has 1 aromatic carbocycles. The summed E-state index contributed by atoms with van der Waals surface area (Å²) in [5.41, 5.74) is 2.56. The Labute approximate surface area is 171 Å². The van der Waals surface area contributed by atoms with Crippen molar-refractivity contribution >= 4 is 17.5 Å². The molecule has 3 heterocycles. The molecule has 1 N–H and O–H groups in total. The predicted octanol–water partition coefficient (Wildman–Crippen LogP) is 3.17. The third-order valence-electron chi connectivity index (χ3n) is 5.84. The first-order valence-corrected chi connectivity index (χ1v) is 10.5. The predicted molar refractivity (Wildman–Crippen MR) is 112 cm³/mol. The SMILES string of the molecule is O=C(Nc1cccc(CN2CCCC2)c1)C1CCN(C(=O)c2ccccn2)CC1. The van der Waals surface area contributed by atoms with Gasteiger partial charge in [-0.15, -0.1) is 0 Å². The second-order valence-electron chi connectivity index (χ2n) is 7.95. The van der Waals surface area contributed by atoms with Gasteiger partial charge in [-0.2, -0.15) is 0 Å². The number of rotatable bonds is 5. The van der Waals surface area contributed by atoms with Gasteiger partial charge in [-0.3, -0.25) is 19.5 Å². The van der Waals surface area contributed by atoms with Crippen molar-refractivity contribution in [1.82, 2.24) is 14.8 Å². The Bertz CT molecular complexity index is 841. The third kappa shape index (κ3) is 5.01. The van der Waals surface area contributed by atoms with E-state index in [1.54, 1.807) is 23.2 Å². The molecule has 29 heavy (non-hydrogen) atoms. The molecule has 0 aliphatic carbocycles. The molecule has 2 aromatic rings. The summed E-state index contributed by atoms with van der Waals surface area (Å²) in [6.07, 6.45) is 5.54. The van der Waals surface area contributed by atoms with E-state index in [0.29, 0.717) is 31.6 Å². The van der Waals surface area contributed by atoms with Crippen LogP contribution in [0.1, 0.15) is 41.7 Å². The lowest BCUT2D eigenvalue weighted by Crippen LogP contribution is -2.41. The summed E-state index contributed by atoms with van der Waals surface area (Å²) in [5.74, 6) is -0.0719. The lowest BCUT2D eigenvalue weighted by molar-refractivity contribution is -0.121. The Morgan fingerprint density at radius 2 is 1.79 bits per heavy atom. The number of aromatic nitrogens is 1. The highest BCUT2D eigenvalue weighted by Crippen LogP contribution is 2.22. The Morgan fingerprint density at radius 1 is 1.00 bits per heavy atom. The van der Waals surface area contributed by atoms with Crippen molar-refractivity contribution in [2.24, 2.45) is 5.92 Å². The number of amides is 2. The summed E-state index contributed by atoms with van der Waals surface area (Å²) in [6, 6.07) is 13.5. The van der Waals surface area contributed by atoms with Crippen molar-refractivity contribution in [3.8, 4) is 0 Å². The van der Waals surface area contributed by atoms with E-state index in [4.69, 9.17) is 0 Å². The maximum atomic E-state index is 12.7. The fourth-order valence-corrected chi connectivity index (χ4v) is 4.19. The van der Waals surface area contributed by atoms with Crippen LogP contribution < -0.4 is 5.32 Å². The number of pyridine rings is 1. The van der Waals surface area contributed by atoms with Gasteiger partial charge in [0, 0.05) is 37.4 Å². The number of hydrogen-bond donors (Lipinski definition) is 1. The molecular weight excluding hydrogens is 364 g/mol. The molecule has 0 unspecified atom stereocenters. The summed E-state index contributed by atoms with van der Waals surface area (Å²) in [5, 5.41) is 3.08. The van der Waals surface area contributed by atoms with Crippen molar-refractivity contribution in [3.63, 3.8) is 0 Å². The van der Waals surface area contributed by atoms with E-state index < -0.39 is 0 Å². The highest BCUT2D eigenvalue weighted by molar-refractivity contribution is 5.94. The number of piperidine rings is 1. The van der Waals surface area contributed by atoms with Gasteiger partial charge in [-0.1, -0.05) is 18.2 Å². The van der Waals surface area contributed by atoms with Gasteiger partial charge in [0.1, 0.15) is 5.69 Å². The van der Waals surface area contributed by atoms with Crippen molar-refractivity contribution in [1.29, 1.82) is 0 Å². The monoisotopic (exact) mass is 392 g/mol. The lowest BCUT2D eigenvalue weighted by atomic mass is 9.95. The number of nitrogens with zero attached hydrogens (tertiary/aromatic N) is 3. The van der Waals surface area contributed by atoms with Gasteiger partial charge in [0.2, 0.25) is 5.91 Å². The number of likely N-dealkylation sites (tertiary alicyclic amines) is 2. The first-order chi connectivity index (χ1) is 14.2. The number of anilines is 1. The minimum absolute atomic E-state index is 0.0493. The minimum atomic E-state index is -0.0648. The summed E-state index contributed by atoms with van der Waals surface area (Å²) in [4.78, 5) is 33.6. The molecule has 2 saturated heterocycles. The zero-order chi connectivity index (χ0) is 20.1. The molecule has 0 spiro atoms. The molecule has 2 aliphatic heterocycles. The van der Waals surface area contributed by atoms with Crippen molar-refractivity contribution in [3.05, 3.63) is 59.9 Å². The Morgan fingerprint density at radius 3 is 2.52 bits per heavy atom. The highest BCUT2D eigenvalue weighted by Gasteiger charge is 2.28. The second-order valence-corrected chi connectivity index (χ2v) is 7.95. The molecule has 0 bridgehead atoms. The number of benzene rings is 1. The zero-order valence-corrected chi connectivity index (χ0v) is 16.7. The maximum absolute atomic E-state index is 12.7. The van der Waals surface area contributed by atoms with Crippen LogP contribution >= 0.6 is 0 Å². The molecule has 2 aliphatic rings. The lowest BCUT2D eigenvalue weighted by Gasteiger charge is -2.31. The van der Waals surface area contributed by atoms with Gasteiger partial charge >= 0.3 is 0 Å². The van der Waals surface area contributed by atoms with E-state index in [9.17, 15) is 9.59 Å². The van der Waals surface area contributed by atoms with E-state index in [2.05, 4.69) is 27.3 Å². The molecule has 1 aromatic heterocycles. The number of carbonyl (C=O) groups excluding carboxylic acids is 2. The van der Waals surface area contributed by atoms with Crippen LogP contribution in [0.5, 0.6) is 0 Å². The van der Waals surface area contributed by atoms with Crippen molar-refractivity contribution in [2.75, 3.05) is 31.5 Å². The van der Waals surface area contributed by atoms with E-state index in [0.717, 1.165) is 25.3 Å². The molecule has 0 atom stereocenters. The highest BCUT2D eigenvalue weighted by atomic mass is 16.2. The van der Waals surface area contributed by atoms with E-state index >= 15 is 0 Å². The van der Waals surface area contributed by atoms with Gasteiger partial charge in [-0.25, -0.2) is 0 Å². The average molecular weight is 393 g/mol. The molecule has 0 saturated carbocycles. The molecule has 2 amide bonds. The minimum Gasteiger partial charge on any atom is -0.337 e. The standard InChI is InChI=1S/C23H28N4O2/c28-22(25-20-7-5-6-18(16-20)17-26-12-3-4-13-26)19-9-14-27(15-10-19)23(29)21-8-1-2-11-24-21/h1-2,5-8,11,16,19H,3-4,9-10,12-15,17H2,(H,25,28). The number of carbonyl (C=O) groups is 2. The smallest absolute Gasteiger partial charge is 0.272 e. The third-order valence-corrected chi connectivity index (χ3v) is 5.84. The summed E-state index contributed by atoms with van der Waals surface area (Å²) < 4.78 is 0. The largest absolute Gasteiger partial charge is 0.337 e. The molecule has 2 fully saturated rings. The normalized spacial score (nSPS) is 18.0. The van der Waals surface area contributed by atoms with Crippen molar-refractivity contribution in [2.45, 2.75) is 32.2 Å². The fraction of sp³-hybridized carbons (Fsp3) is 0.435. The Kier molecular flexibility index (Phi) is 6.20. The van der Waals surface area contributed by atoms with Crippen LogP contribution in [0, 0.1) is 5.92 Å². The second kappa shape index (κ2) is 9.18. The van der Waals surface area contributed by atoms with Gasteiger partial charge in [0.15, 0.2) is 0 Å². The zero-order valence-electron chi connectivity index (χ0n) is 16.7.